The number of halogens is 1. The summed E-state index contributed by atoms with van der Waals surface area (Å²) in [5.74, 6) is -0.126. The molecule has 2 rings (SSSR count). The molecule has 0 aliphatic rings. The highest BCUT2D eigenvalue weighted by Crippen LogP contribution is 2.23. The topological polar surface area (TPSA) is 39.2 Å². The van der Waals surface area contributed by atoms with Crippen molar-refractivity contribution in [2.45, 2.75) is 0 Å². The van der Waals surface area contributed by atoms with Gasteiger partial charge in [0.25, 0.3) is 0 Å². The van der Waals surface area contributed by atoms with E-state index >= 15 is 0 Å². The summed E-state index contributed by atoms with van der Waals surface area (Å²) in [6, 6.07) is 10.1. The van der Waals surface area contributed by atoms with Crippen molar-refractivity contribution in [3.05, 3.63) is 59.4 Å². The first kappa shape index (κ1) is 10.6. The number of esters is 1. The van der Waals surface area contributed by atoms with Gasteiger partial charge >= 0.3 is 5.97 Å². The number of hydrogen-bond acceptors (Lipinski definition) is 3. The van der Waals surface area contributed by atoms with Crippen LogP contribution in [-0.4, -0.2) is 11.0 Å². The monoisotopic (exact) mass is 233 g/mol. The first-order valence-electron chi connectivity index (χ1n) is 4.64. The zero-order chi connectivity index (χ0) is 11.4. The van der Waals surface area contributed by atoms with Gasteiger partial charge in [-0.3, -0.25) is 4.98 Å². The number of benzene rings is 1. The van der Waals surface area contributed by atoms with E-state index in [0.29, 0.717) is 16.3 Å². The van der Waals surface area contributed by atoms with Crippen molar-refractivity contribution in [1.29, 1.82) is 0 Å². The van der Waals surface area contributed by atoms with Crippen LogP contribution in [0.25, 0.3) is 0 Å². The van der Waals surface area contributed by atoms with E-state index in [1.807, 2.05) is 0 Å². The summed E-state index contributed by atoms with van der Waals surface area (Å²) in [5, 5.41) is 0.403. The molecule has 0 unspecified atom stereocenters. The zero-order valence-electron chi connectivity index (χ0n) is 8.26. The number of pyridine rings is 1. The number of aromatic nitrogens is 1. The highest BCUT2D eigenvalue weighted by Gasteiger charge is 2.09. The number of carbonyl (C=O) groups is 1. The van der Waals surface area contributed by atoms with Crippen LogP contribution < -0.4 is 4.74 Å². The van der Waals surface area contributed by atoms with E-state index in [-0.39, 0.29) is 0 Å². The van der Waals surface area contributed by atoms with Crippen molar-refractivity contribution >= 4 is 17.6 Å². The first-order valence-corrected chi connectivity index (χ1v) is 5.02. The maximum atomic E-state index is 11.6. The summed E-state index contributed by atoms with van der Waals surface area (Å²) in [5.41, 5.74) is 0.391. The van der Waals surface area contributed by atoms with Crippen molar-refractivity contribution < 1.29 is 9.53 Å². The molecular weight excluding hydrogens is 226 g/mol. The quantitative estimate of drug-likeness (QED) is 0.591. The lowest BCUT2D eigenvalue weighted by Crippen LogP contribution is -2.08. The van der Waals surface area contributed by atoms with Crippen LogP contribution in [0.15, 0.2) is 48.8 Å². The van der Waals surface area contributed by atoms with Gasteiger partial charge in [-0.25, -0.2) is 4.79 Å². The minimum atomic E-state index is -0.471. The predicted molar refractivity (Wildman–Crippen MR) is 60.6 cm³/mol. The number of rotatable bonds is 2. The normalized spacial score (nSPS) is 9.81. The fraction of sp³-hybridized carbons (Fsp3) is 0. The van der Waals surface area contributed by atoms with Gasteiger partial charge in [-0.15, -0.1) is 0 Å². The van der Waals surface area contributed by atoms with Crippen molar-refractivity contribution in [3.63, 3.8) is 0 Å². The molecule has 3 nitrogen and oxygen atoms in total. The Hall–Kier alpha value is -1.87. The Balaban J connectivity index is 2.18. The molecule has 2 aromatic rings. The van der Waals surface area contributed by atoms with Gasteiger partial charge < -0.3 is 4.74 Å². The molecule has 0 spiro atoms. The van der Waals surface area contributed by atoms with Gasteiger partial charge in [-0.05, 0) is 24.3 Å². The molecule has 0 fully saturated rings. The molecule has 0 aliphatic carbocycles. The van der Waals surface area contributed by atoms with Gasteiger partial charge in [0.15, 0.2) is 0 Å². The third-order valence-electron chi connectivity index (χ3n) is 1.94. The fourth-order valence-electron chi connectivity index (χ4n) is 1.17. The first-order chi connectivity index (χ1) is 7.77. The molecule has 0 N–H and O–H groups in total. The van der Waals surface area contributed by atoms with Crippen LogP contribution in [0.2, 0.25) is 5.02 Å². The second kappa shape index (κ2) is 4.77. The maximum Gasteiger partial charge on any atom is 0.345 e. The van der Waals surface area contributed by atoms with Crippen LogP contribution in [-0.2, 0) is 0 Å². The standard InChI is InChI=1S/C12H8ClNO2/c13-10-5-1-2-6-11(10)16-12(15)9-4-3-7-14-8-9/h1-8H. The van der Waals surface area contributed by atoms with Crippen LogP contribution in [0.3, 0.4) is 0 Å². The van der Waals surface area contributed by atoms with E-state index in [9.17, 15) is 4.79 Å². The molecule has 16 heavy (non-hydrogen) atoms. The Labute approximate surface area is 97.7 Å². The molecule has 0 radical (unpaired) electrons. The molecule has 0 saturated carbocycles. The lowest BCUT2D eigenvalue weighted by Gasteiger charge is -2.04. The minimum Gasteiger partial charge on any atom is -0.421 e. The summed E-state index contributed by atoms with van der Waals surface area (Å²) >= 11 is 5.86. The minimum absolute atomic E-state index is 0.345. The molecule has 80 valence electrons. The maximum absolute atomic E-state index is 11.6. The average molecular weight is 234 g/mol. The number of carbonyl (C=O) groups excluding carboxylic acids is 1. The average Bonchev–Trinajstić information content (AvgIpc) is 2.33. The summed E-state index contributed by atoms with van der Waals surface area (Å²) < 4.78 is 5.12. The van der Waals surface area contributed by atoms with Crippen LogP contribution >= 0.6 is 11.6 Å². The van der Waals surface area contributed by atoms with Crippen LogP contribution in [0.4, 0.5) is 0 Å². The highest BCUT2D eigenvalue weighted by atomic mass is 35.5. The molecule has 0 bridgehead atoms. The van der Waals surface area contributed by atoms with Crippen molar-refractivity contribution in [1.82, 2.24) is 4.98 Å². The lowest BCUT2D eigenvalue weighted by molar-refractivity contribution is 0.0734. The number of nitrogens with zero attached hydrogens (tertiary/aromatic N) is 1. The number of hydrogen-bond donors (Lipinski definition) is 0. The van der Waals surface area contributed by atoms with Gasteiger partial charge in [0.1, 0.15) is 5.75 Å². The van der Waals surface area contributed by atoms with Crippen molar-refractivity contribution in [2.24, 2.45) is 0 Å². The predicted octanol–water partition coefficient (Wildman–Crippen LogP) is 2.95. The Kier molecular flexibility index (Phi) is 3.17. The van der Waals surface area contributed by atoms with E-state index in [1.165, 1.54) is 6.20 Å². The van der Waals surface area contributed by atoms with E-state index in [4.69, 9.17) is 16.3 Å². The molecule has 1 aromatic heterocycles. The summed E-state index contributed by atoms with van der Waals surface area (Å²) in [6.07, 6.45) is 3.03. The van der Waals surface area contributed by atoms with Crippen LogP contribution in [0, 0.1) is 0 Å². The Morgan fingerprint density at radius 1 is 1.19 bits per heavy atom. The van der Waals surface area contributed by atoms with Gasteiger partial charge in [-0.1, -0.05) is 23.7 Å². The van der Waals surface area contributed by atoms with E-state index in [0.717, 1.165) is 0 Å². The van der Waals surface area contributed by atoms with E-state index in [1.54, 1.807) is 42.6 Å². The van der Waals surface area contributed by atoms with Crippen LogP contribution in [0.1, 0.15) is 10.4 Å². The Morgan fingerprint density at radius 2 is 2.00 bits per heavy atom. The van der Waals surface area contributed by atoms with Gasteiger partial charge in [0, 0.05) is 12.4 Å². The van der Waals surface area contributed by atoms with Crippen molar-refractivity contribution in [2.75, 3.05) is 0 Å². The van der Waals surface area contributed by atoms with Crippen LogP contribution in [0.5, 0.6) is 5.75 Å². The SMILES string of the molecule is O=C(Oc1ccccc1Cl)c1cccnc1. The largest absolute Gasteiger partial charge is 0.421 e. The number of para-hydroxylation sites is 1. The molecule has 1 heterocycles. The van der Waals surface area contributed by atoms with Gasteiger partial charge in [0.05, 0.1) is 10.6 Å². The van der Waals surface area contributed by atoms with Gasteiger partial charge in [-0.2, -0.15) is 0 Å². The zero-order valence-corrected chi connectivity index (χ0v) is 9.02. The second-order valence-electron chi connectivity index (χ2n) is 3.06. The van der Waals surface area contributed by atoms with Gasteiger partial charge in [0.2, 0.25) is 0 Å². The summed E-state index contributed by atoms with van der Waals surface area (Å²) in [4.78, 5) is 15.5. The molecular formula is C12H8ClNO2. The van der Waals surface area contributed by atoms with E-state index < -0.39 is 5.97 Å². The third kappa shape index (κ3) is 2.38. The molecule has 4 heteroatoms. The number of ether oxygens (including phenoxy) is 1. The second-order valence-corrected chi connectivity index (χ2v) is 3.47. The third-order valence-corrected chi connectivity index (χ3v) is 2.25. The Morgan fingerprint density at radius 3 is 2.69 bits per heavy atom. The molecule has 0 atom stereocenters. The van der Waals surface area contributed by atoms with Crippen molar-refractivity contribution in [3.8, 4) is 5.75 Å². The van der Waals surface area contributed by atoms with E-state index in [2.05, 4.69) is 4.98 Å². The smallest absolute Gasteiger partial charge is 0.345 e. The molecule has 0 amide bonds. The molecule has 0 aliphatic heterocycles. The highest BCUT2D eigenvalue weighted by molar-refractivity contribution is 6.32. The summed E-state index contributed by atoms with van der Waals surface area (Å²) in [7, 11) is 0. The molecule has 0 saturated heterocycles. The fourth-order valence-corrected chi connectivity index (χ4v) is 1.34. The Bertz CT molecular complexity index is 499. The molecule has 1 aromatic carbocycles. The lowest BCUT2D eigenvalue weighted by atomic mass is 10.3. The summed E-state index contributed by atoms with van der Waals surface area (Å²) in [6.45, 7) is 0.